The SMILES string of the molecule is C=CCNC(=NCc1nnc(C)n1C)NCC(O)c1cccc(C)c1.I. The normalized spacial score (nSPS) is 12.2. The molecule has 0 aliphatic rings. The molecule has 0 amide bonds. The quantitative estimate of drug-likeness (QED) is 0.250. The zero-order chi connectivity index (χ0) is 18.2. The van der Waals surface area contributed by atoms with Crippen LogP contribution in [0, 0.1) is 13.8 Å². The molecule has 0 saturated heterocycles. The van der Waals surface area contributed by atoms with E-state index in [9.17, 15) is 5.11 Å². The number of aliphatic hydroxyl groups excluding tert-OH is 1. The number of aromatic nitrogens is 3. The average molecular weight is 470 g/mol. The highest BCUT2D eigenvalue weighted by molar-refractivity contribution is 14.0. The van der Waals surface area contributed by atoms with Crippen molar-refractivity contribution in [1.29, 1.82) is 0 Å². The summed E-state index contributed by atoms with van der Waals surface area (Å²) in [6.45, 7) is 8.92. The van der Waals surface area contributed by atoms with Crippen molar-refractivity contribution in [2.75, 3.05) is 13.1 Å². The number of aliphatic hydroxyl groups is 1. The first-order valence-electron chi connectivity index (χ1n) is 8.24. The first-order valence-corrected chi connectivity index (χ1v) is 8.24. The molecule has 0 aliphatic carbocycles. The van der Waals surface area contributed by atoms with E-state index < -0.39 is 6.10 Å². The van der Waals surface area contributed by atoms with Crippen molar-refractivity contribution >= 4 is 29.9 Å². The molecule has 142 valence electrons. The van der Waals surface area contributed by atoms with Crippen LogP contribution in [0.25, 0.3) is 0 Å². The number of benzene rings is 1. The van der Waals surface area contributed by atoms with Crippen molar-refractivity contribution in [2.24, 2.45) is 12.0 Å². The van der Waals surface area contributed by atoms with E-state index in [0.29, 0.717) is 25.6 Å². The van der Waals surface area contributed by atoms with Gasteiger partial charge in [0.05, 0.1) is 6.10 Å². The Balaban J connectivity index is 0.00000338. The van der Waals surface area contributed by atoms with E-state index in [4.69, 9.17) is 0 Å². The molecule has 0 radical (unpaired) electrons. The first kappa shape index (κ1) is 22.1. The number of rotatable bonds is 7. The van der Waals surface area contributed by atoms with Crippen LogP contribution in [0.15, 0.2) is 41.9 Å². The molecular formula is C18H27IN6O. The first-order chi connectivity index (χ1) is 12.0. The monoisotopic (exact) mass is 470 g/mol. The van der Waals surface area contributed by atoms with Crippen LogP contribution in [0.1, 0.15) is 28.9 Å². The fourth-order valence-corrected chi connectivity index (χ4v) is 2.27. The second kappa shape index (κ2) is 10.9. The number of aliphatic imine (C=N–C) groups is 1. The minimum atomic E-state index is -0.618. The predicted octanol–water partition coefficient (Wildman–Crippen LogP) is 2.00. The summed E-state index contributed by atoms with van der Waals surface area (Å²) < 4.78 is 1.90. The number of nitrogens with zero attached hydrogens (tertiary/aromatic N) is 4. The van der Waals surface area contributed by atoms with Crippen LogP contribution in [0.5, 0.6) is 0 Å². The summed E-state index contributed by atoms with van der Waals surface area (Å²) in [5, 5.41) is 24.8. The van der Waals surface area contributed by atoms with Gasteiger partial charge in [0.15, 0.2) is 11.8 Å². The van der Waals surface area contributed by atoms with Gasteiger partial charge in [-0.2, -0.15) is 0 Å². The summed E-state index contributed by atoms with van der Waals surface area (Å²) in [5.74, 6) is 2.21. The van der Waals surface area contributed by atoms with Gasteiger partial charge in [-0.1, -0.05) is 35.9 Å². The smallest absolute Gasteiger partial charge is 0.192 e. The van der Waals surface area contributed by atoms with Crippen LogP contribution < -0.4 is 10.6 Å². The van der Waals surface area contributed by atoms with Gasteiger partial charge in [0.1, 0.15) is 12.4 Å². The summed E-state index contributed by atoms with van der Waals surface area (Å²) in [6.07, 6.45) is 1.13. The largest absolute Gasteiger partial charge is 0.387 e. The Labute approximate surface area is 171 Å². The lowest BCUT2D eigenvalue weighted by Gasteiger charge is -2.16. The molecule has 0 fully saturated rings. The van der Waals surface area contributed by atoms with Crippen molar-refractivity contribution in [3.05, 3.63) is 59.7 Å². The highest BCUT2D eigenvalue weighted by Gasteiger charge is 2.09. The number of hydrogen-bond donors (Lipinski definition) is 3. The van der Waals surface area contributed by atoms with Crippen LogP contribution in [0.3, 0.4) is 0 Å². The minimum Gasteiger partial charge on any atom is -0.387 e. The van der Waals surface area contributed by atoms with Gasteiger partial charge in [-0.15, -0.1) is 40.8 Å². The van der Waals surface area contributed by atoms with E-state index in [-0.39, 0.29) is 24.0 Å². The van der Waals surface area contributed by atoms with E-state index in [1.807, 2.05) is 49.7 Å². The Morgan fingerprint density at radius 3 is 2.73 bits per heavy atom. The predicted molar refractivity (Wildman–Crippen MR) is 115 cm³/mol. The zero-order valence-corrected chi connectivity index (χ0v) is 17.8. The maximum Gasteiger partial charge on any atom is 0.192 e. The summed E-state index contributed by atoms with van der Waals surface area (Å²) >= 11 is 0. The van der Waals surface area contributed by atoms with Crippen LogP contribution in [-0.2, 0) is 13.6 Å². The number of guanidine groups is 1. The van der Waals surface area contributed by atoms with Gasteiger partial charge in [0, 0.05) is 20.1 Å². The van der Waals surface area contributed by atoms with E-state index in [1.54, 1.807) is 6.08 Å². The Morgan fingerprint density at radius 1 is 1.35 bits per heavy atom. The van der Waals surface area contributed by atoms with Crippen molar-refractivity contribution in [3.63, 3.8) is 0 Å². The number of nitrogens with one attached hydrogen (secondary N) is 2. The molecule has 1 aromatic carbocycles. The molecule has 1 aromatic heterocycles. The molecule has 1 unspecified atom stereocenters. The van der Waals surface area contributed by atoms with Gasteiger partial charge in [0.2, 0.25) is 0 Å². The lowest BCUT2D eigenvalue weighted by atomic mass is 10.1. The number of hydrogen-bond acceptors (Lipinski definition) is 4. The number of halogens is 1. The van der Waals surface area contributed by atoms with Crippen molar-refractivity contribution in [3.8, 4) is 0 Å². The highest BCUT2D eigenvalue weighted by atomic mass is 127. The molecule has 0 bridgehead atoms. The summed E-state index contributed by atoms with van der Waals surface area (Å²) in [6, 6.07) is 7.83. The van der Waals surface area contributed by atoms with Gasteiger partial charge >= 0.3 is 0 Å². The molecule has 8 heteroatoms. The van der Waals surface area contributed by atoms with Crippen LogP contribution >= 0.6 is 24.0 Å². The van der Waals surface area contributed by atoms with Gasteiger partial charge in [0.25, 0.3) is 0 Å². The third kappa shape index (κ3) is 6.41. The van der Waals surface area contributed by atoms with Crippen LogP contribution in [0.4, 0.5) is 0 Å². The second-order valence-corrected chi connectivity index (χ2v) is 5.87. The molecule has 26 heavy (non-hydrogen) atoms. The van der Waals surface area contributed by atoms with Gasteiger partial charge in [-0.25, -0.2) is 4.99 Å². The molecule has 0 spiro atoms. The van der Waals surface area contributed by atoms with Crippen molar-refractivity contribution < 1.29 is 5.11 Å². The lowest BCUT2D eigenvalue weighted by molar-refractivity contribution is 0.181. The Morgan fingerprint density at radius 2 is 2.12 bits per heavy atom. The van der Waals surface area contributed by atoms with E-state index in [1.165, 1.54) is 0 Å². The summed E-state index contributed by atoms with van der Waals surface area (Å²) in [4.78, 5) is 4.50. The summed E-state index contributed by atoms with van der Waals surface area (Å²) in [5.41, 5.74) is 1.99. The topological polar surface area (TPSA) is 87.4 Å². The molecule has 3 N–H and O–H groups in total. The fraction of sp³-hybridized carbons (Fsp3) is 0.389. The molecule has 1 atom stereocenters. The van der Waals surface area contributed by atoms with Gasteiger partial charge < -0.3 is 20.3 Å². The second-order valence-electron chi connectivity index (χ2n) is 5.87. The van der Waals surface area contributed by atoms with Gasteiger partial charge in [-0.3, -0.25) is 0 Å². The van der Waals surface area contributed by atoms with Crippen LogP contribution in [-0.4, -0.2) is 38.9 Å². The highest BCUT2D eigenvalue weighted by Crippen LogP contribution is 2.13. The average Bonchev–Trinajstić information content (AvgIpc) is 2.92. The molecule has 7 nitrogen and oxygen atoms in total. The summed E-state index contributed by atoms with van der Waals surface area (Å²) in [7, 11) is 1.91. The van der Waals surface area contributed by atoms with Crippen LogP contribution in [0.2, 0.25) is 0 Å². The molecule has 2 aromatic rings. The third-order valence-corrected chi connectivity index (χ3v) is 3.86. The Hall–Kier alpha value is -1.94. The van der Waals surface area contributed by atoms with Crippen molar-refractivity contribution in [1.82, 2.24) is 25.4 Å². The molecule has 1 heterocycles. The maximum absolute atomic E-state index is 10.4. The van der Waals surface area contributed by atoms with Gasteiger partial charge in [-0.05, 0) is 19.4 Å². The van der Waals surface area contributed by atoms with E-state index >= 15 is 0 Å². The molecular weight excluding hydrogens is 443 g/mol. The maximum atomic E-state index is 10.4. The van der Waals surface area contributed by atoms with E-state index in [2.05, 4.69) is 32.4 Å². The molecule has 2 rings (SSSR count). The molecule has 0 saturated carbocycles. The lowest BCUT2D eigenvalue weighted by Crippen LogP contribution is -2.39. The third-order valence-electron chi connectivity index (χ3n) is 3.86. The Kier molecular flexibility index (Phi) is 9.28. The standard InChI is InChI=1S/C18H26N6O.HI/c1-5-9-19-18(21-12-17-23-22-14(3)24(17)4)20-11-16(25)15-8-6-7-13(2)10-15;/h5-8,10,16,25H,1,9,11-12H2,2-4H3,(H2,19,20,21);1H. The van der Waals surface area contributed by atoms with Crippen molar-refractivity contribution in [2.45, 2.75) is 26.5 Å². The minimum absolute atomic E-state index is 0. The number of aryl methyl sites for hydroxylation is 2. The Bertz CT molecular complexity index is 743. The fourth-order valence-electron chi connectivity index (χ4n) is 2.27. The zero-order valence-electron chi connectivity index (χ0n) is 15.4. The molecule has 0 aliphatic heterocycles. The van der Waals surface area contributed by atoms with E-state index in [0.717, 1.165) is 22.8 Å².